The van der Waals surface area contributed by atoms with E-state index in [9.17, 15) is 10.2 Å². The van der Waals surface area contributed by atoms with Crippen molar-refractivity contribution in [2.75, 3.05) is 0 Å². The summed E-state index contributed by atoms with van der Waals surface area (Å²) in [7, 11) is 0. The van der Waals surface area contributed by atoms with Gasteiger partial charge in [0.15, 0.2) is 0 Å². The summed E-state index contributed by atoms with van der Waals surface area (Å²) >= 11 is 0. The van der Waals surface area contributed by atoms with E-state index < -0.39 is 12.2 Å². The van der Waals surface area contributed by atoms with Gasteiger partial charge in [0.1, 0.15) is 6.10 Å². The second-order valence-electron chi connectivity index (χ2n) is 3.17. The second kappa shape index (κ2) is 5.43. The smallest absolute Gasteiger partial charge is 0.105 e. The molecule has 2 atom stereocenters. The molecule has 0 saturated heterocycles. The standard InChI is InChI=1S/C12H14O2/c1-2-3-9-11(13)12(14)10-7-5-4-6-8-10/h1,4-8,11-14H,3,9H2. The van der Waals surface area contributed by atoms with Gasteiger partial charge in [-0.05, 0) is 12.0 Å². The SMILES string of the molecule is C#CCCC(O)C(O)c1ccccc1. The van der Waals surface area contributed by atoms with Gasteiger partial charge in [-0.3, -0.25) is 0 Å². The summed E-state index contributed by atoms with van der Waals surface area (Å²) in [4.78, 5) is 0. The molecule has 2 unspecified atom stereocenters. The number of rotatable bonds is 4. The van der Waals surface area contributed by atoms with Gasteiger partial charge in [0.2, 0.25) is 0 Å². The third kappa shape index (κ3) is 2.88. The summed E-state index contributed by atoms with van der Waals surface area (Å²) in [5.74, 6) is 2.43. The van der Waals surface area contributed by atoms with Gasteiger partial charge < -0.3 is 10.2 Å². The summed E-state index contributed by atoms with van der Waals surface area (Å²) in [5, 5.41) is 19.3. The zero-order valence-electron chi connectivity index (χ0n) is 7.93. The van der Waals surface area contributed by atoms with Crippen molar-refractivity contribution in [1.82, 2.24) is 0 Å². The highest BCUT2D eigenvalue weighted by atomic mass is 16.3. The van der Waals surface area contributed by atoms with Crippen LogP contribution in [-0.2, 0) is 0 Å². The molecule has 1 aromatic rings. The fraction of sp³-hybridized carbons (Fsp3) is 0.333. The molecule has 0 bridgehead atoms. The van der Waals surface area contributed by atoms with Crippen LogP contribution in [0.3, 0.4) is 0 Å². The Morgan fingerprint density at radius 1 is 1.21 bits per heavy atom. The van der Waals surface area contributed by atoms with Crippen LogP contribution in [0.25, 0.3) is 0 Å². The summed E-state index contributed by atoms with van der Waals surface area (Å²) in [6.45, 7) is 0. The van der Waals surface area contributed by atoms with E-state index in [2.05, 4.69) is 5.92 Å². The molecule has 0 fully saturated rings. The van der Waals surface area contributed by atoms with Crippen LogP contribution < -0.4 is 0 Å². The third-order valence-electron chi connectivity index (χ3n) is 2.09. The molecule has 2 nitrogen and oxygen atoms in total. The van der Waals surface area contributed by atoms with Crippen molar-refractivity contribution in [1.29, 1.82) is 0 Å². The topological polar surface area (TPSA) is 40.5 Å². The van der Waals surface area contributed by atoms with Gasteiger partial charge in [-0.25, -0.2) is 0 Å². The van der Waals surface area contributed by atoms with E-state index in [4.69, 9.17) is 6.42 Å². The molecule has 0 radical (unpaired) electrons. The number of terminal acetylenes is 1. The minimum Gasteiger partial charge on any atom is -0.390 e. The van der Waals surface area contributed by atoms with Crippen molar-refractivity contribution in [3.63, 3.8) is 0 Å². The van der Waals surface area contributed by atoms with Crippen LogP contribution in [0, 0.1) is 12.3 Å². The highest BCUT2D eigenvalue weighted by molar-refractivity contribution is 5.18. The predicted molar refractivity (Wildman–Crippen MR) is 55.5 cm³/mol. The van der Waals surface area contributed by atoms with Gasteiger partial charge in [-0.1, -0.05) is 30.3 Å². The number of aliphatic hydroxyl groups is 2. The summed E-state index contributed by atoms with van der Waals surface area (Å²) in [6.07, 6.45) is 4.35. The fourth-order valence-corrected chi connectivity index (χ4v) is 1.26. The molecule has 0 aliphatic heterocycles. The first-order valence-electron chi connectivity index (χ1n) is 4.60. The first kappa shape index (κ1) is 10.8. The molecule has 1 rings (SSSR count). The normalized spacial score (nSPS) is 14.4. The van der Waals surface area contributed by atoms with E-state index in [1.807, 2.05) is 18.2 Å². The van der Waals surface area contributed by atoms with E-state index in [1.54, 1.807) is 12.1 Å². The number of benzene rings is 1. The highest BCUT2D eigenvalue weighted by Crippen LogP contribution is 2.18. The Morgan fingerprint density at radius 2 is 1.86 bits per heavy atom. The summed E-state index contributed by atoms with van der Waals surface area (Å²) in [6, 6.07) is 9.08. The maximum atomic E-state index is 9.70. The number of hydrogen-bond acceptors (Lipinski definition) is 2. The average molecular weight is 190 g/mol. The molecular formula is C12H14O2. The van der Waals surface area contributed by atoms with Crippen molar-refractivity contribution < 1.29 is 10.2 Å². The second-order valence-corrected chi connectivity index (χ2v) is 3.17. The van der Waals surface area contributed by atoms with Gasteiger partial charge in [0.05, 0.1) is 6.10 Å². The summed E-state index contributed by atoms with van der Waals surface area (Å²) < 4.78 is 0. The van der Waals surface area contributed by atoms with Crippen LogP contribution in [0.4, 0.5) is 0 Å². The molecule has 0 aromatic heterocycles. The van der Waals surface area contributed by atoms with Gasteiger partial charge in [0.25, 0.3) is 0 Å². The molecule has 74 valence electrons. The fourth-order valence-electron chi connectivity index (χ4n) is 1.26. The van der Waals surface area contributed by atoms with Crippen molar-refractivity contribution in [2.45, 2.75) is 25.0 Å². The third-order valence-corrected chi connectivity index (χ3v) is 2.09. The van der Waals surface area contributed by atoms with Crippen molar-refractivity contribution in [3.05, 3.63) is 35.9 Å². The lowest BCUT2D eigenvalue weighted by Crippen LogP contribution is -2.17. The Balaban J connectivity index is 2.57. The monoisotopic (exact) mass is 190 g/mol. The maximum absolute atomic E-state index is 9.70. The Labute approximate surface area is 84.2 Å². The van der Waals surface area contributed by atoms with Crippen LogP contribution in [0.1, 0.15) is 24.5 Å². The Kier molecular flexibility index (Phi) is 4.18. The van der Waals surface area contributed by atoms with Crippen LogP contribution >= 0.6 is 0 Å². The van der Waals surface area contributed by atoms with Crippen LogP contribution in [0.2, 0.25) is 0 Å². The van der Waals surface area contributed by atoms with E-state index >= 15 is 0 Å². The minimum atomic E-state index is -0.843. The molecule has 2 heteroatoms. The van der Waals surface area contributed by atoms with Gasteiger partial charge in [0, 0.05) is 6.42 Å². The lowest BCUT2D eigenvalue weighted by atomic mass is 10.0. The van der Waals surface area contributed by atoms with E-state index in [-0.39, 0.29) is 0 Å². The van der Waals surface area contributed by atoms with Crippen molar-refractivity contribution in [2.24, 2.45) is 0 Å². The zero-order valence-corrected chi connectivity index (χ0v) is 7.93. The van der Waals surface area contributed by atoms with Crippen molar-refractivity contribution >= 4 is 0 Å². The van der Waals surface area contributed by atoms with Gasteiger partial charge >= 0.3 is 0 Å². The molecule has 1 aromatic carbocycles. The predicted octanol–water partition coefficient (Wildman–Crippen LogP) is 1.49. The number of hydrogen-bond donors (Lipinski definition) is 2. The minimum absolute atomic E-state index is 0.423. The molecule has 0 aliphatic rings. The molecular weight excluding hydrogens is 176 g/mol. The molecule has 0 heterocycles. The van der Waals surface area contributed by atoms with Crippen LogP contribution in [-0.4, -0.2) is 16.3 Å². The van der Waals surface area contributed by atoms with Crippen LogP contribution in [0.15, 0.2) is 30.3 Å². The molecule has 14 heavy (non-hydrogen) atoms. The number of aliphatic hydroxyl groups excluding tert-OH is 2. The van der Waals surface area contributed by atoms with Gasteiger partial charge in [-0.2, -0.15) is 0 Å². The lowest BCUT2D eigenvalue weighted by Gasteiger charge is -2.16. The van der Waals surface area contributed by atoms with E-state index in [0.717, 1.165) is 5.56 Å². The average Bonchev–Trinajstić information content (AvgIpc) is 2.26. The van der Waals surface area contributed by atoms with Crippen LogP contribution in [0.5, 0.6) is 0 Å². The summed E-state index contributed by atoms with van der Waals surface area (Å²) in [5.41, 5.74) is 0.719. The van der Waals surface area contributed by atoms with E-state index in [0.29, 0.717) is 12.8 Å². The molecule has 0 aliphatic carbocycles. The maximum Gasteiger partial charge on any atom is 0.105 e. The zero-order chi connectivity index (χ0) is 10.4. The first-order chi connectivity index (χ1) is 6.75. The molecule has 2 N–H and O–H groups in total. The Hall–Kier alpha value is -1.30. The molecule has 0 spiro atoms. The lowest BCUT2D eigenvalue weighted by molar-refractivity contribution is 0.0144. The van der Waals surface area contributed by atoms with Crippen molar-refractivity contribution in [3.8, 4) is 12.3 Å². The molecule has 0 amide bonds. The highest BCUT2D eigenvalue weighted by Gasteiger charge is 2.16. The Morgan fingerprint density at radius 3 is 2.43 bits per heavy atom. The quantitative estimate of drug-likeness (QED) is 0.706. The van der Waals surface area contributed by atoms with Gasteiger partial charge in [-0.15, -0.1) is 12.3 Å². The largest absolute Gasteiger partial charge is 0.390 e. The Bertz CT molecular complexity index is 300. The first-order valence-corrected chi connectivity index (χ1v) is 4.60. The molecule has 0 saturated carbocycles. The van der Waals surface area contributed by atoms with E-state index in [1.165, 1.54) is 0 Å².